The van der Waals surface area contributed by atoms with Crippen LogP contribution in [0.5, 0.6) is 0 Å². The number of aryl methyl sites for hydroxylation is 1. The molecular formula is C36H41N3O5S2. The van der Waals surface area contributed by atoms with Crippen molar-refractivity contribution in [3.63, 3.8) is 0 Å². The van der Waals surface area contributed by atoms with Gasteiger partial charge >= 0.3 is 5.97 Å². The van der Waals surface area contributed by atoms with Gasteiger partial charge in [-0.15, -0.1) is 11.3 Å². The molecule has 8 nitrogen and oxygen atoms in total. The summed E-state index contributed by atoms with van der Waals surface area (Å²) >= 11 is 1.68. The predicted molar refractivity (Wildman–Crippen MR) is 186 cm³/mol. The van der Waals surface area contributed by atoms with Gasteiger partial charge in [0.2, 0.25) is 5.52 Å². The number of aliphatic carboxylic acids is 1. The molecule has 3 heterocycles. The van der Waals surface area contributed by atoms with E-state index < -0.39 is 21.8 Å². The van der Waals surface area contributed by atoms with Crippen LogP contribution in [0.4, 0.5) is 16.4 Å². The highest BCUT2D eigenvalue weighted by Gasteiger charge is 2.40. The van der Waals surface area contributed by atoms with Crippen molar-refractivity contribution in [1.29, 1.82) is 0 Å². The first-order valence-corrected chi connectivity index (χ1v) is 18.1. The Hall–Kier alpha value is -3.99. The van der Waals surface area contributed by atoms with Crippen LogP contribution in [0.15, 0.2) is 90.1 Å². The molecule has 1 aliphatic heterocycles. The van der Waals surface area contributed by atoms with Crippen LogP contribution in [0.1, 0.15) is 57.1 Å². The van der Waals surface area contributed by atoms with E-state index in [0.717, 1.165) is 63.5 Å². The smallest absolute Gasteiger partial charge is 0.303 e. The third kappa shape index (κ3) is 7.68. The van der Waals surface area contributed by atoms with Crippen LogP contribution >= 0.6 is 11.3 Å². The molecule has 0 atom stereocenters. The lowest BCUT2D eigenvalue weighted by Crippen LogP contribution is -2.34. The summed E-state index contributed by atoms with van der Waals surface area (Å²) in [5, 5.41) is 13.2. The van der Waals surface area contributed by atoms with E-state index in [1.165, 1.54) is 0 Å². The lowest BCUT2D eigenvalue weighted by molar-refractivity contribution is -0.671. The molecule has 0 amide bonds. The van der Waals surface area contributed by atoms with Crippen molar-refractivity contribution in [3.05, 3.63) is 101 Å². The normalized spacial score (nSPS) is 15.2. The van der Waals surface area contributed by atoms with Crippen LogP contribution in [0.2, 0.25) is 0 Å². The highest BCUT2D eigenvalue weighted by Crippen LogP contribution is 2.49. The van der Waals surface area contributed by atoms with Crippen LogP contribution in [-0.4, -0.2) is 43.4 Å². The second-order valence-corrected chi connectivity index (χ2v) is 14.7. The van der Waals surface area contributed by atoms with Gasteiger partial charge in [-0.3, -0.25) is 4.79 Å². The fourth-order valence-electron chi connectivity index (χ4n) is 6.23. The third-order valence-corrected chi connectivity index (χ3v) is 10.4. The van der Waals surface area contributed by atoms with Crippen LogP contribution in [-0.2, 0) is 26.9 Å². The minimum absolute atomic E-state index is 0.203. The number of carbonyl (C=O) groups is 1. The first kappa shape index (κ1) is 33.4. The van der Waals surface area contributed by atoms with Crippen molar-refractivity contribution in [1.82, 2.24) is 0 Å². The monoisotopic (exact) mass is 659 g/mol. The van der Waals surface area contributed by atoms with E-state index in [9.17, 15) is 17.8 Å². The number of aromatic nitrogens is 1. The average molecular weight is 660 g/mol. The number of unbranched alkanes of at least 4 members (excludes halogenated alkanes) is 2. The second kappa shape index (κ2) is 14.2. The largest absolute Gasteiger partial charge is 0.748 e. The summed E-state index contributed by atoms with van der Waals surface area (Å²) in [6.45, 7) is 5.60. The number of fused-ring (bicyclic) bond motifs is 2. The fraction of sp³-hybridized carbons (Fsp3) is 0.333. The number of allylic oxidation sites excluding steroid dienone is 3. The zero-order valence-electron chi connectivity index (χ0n) is 26.6. The van der Waals surface area contributed by atoms with E-state index in [1.807, 2.05) is 18.2 Å². The van der Waals surface area contributed by atoms with E-state index in [2.05, 4.69) is 108 Å². The molecule has 0 spiro atoms. The lowest BCUT2D eigenvalue weighted by Gasteiger charge is -2.27. The molecule has 2 aromatic carbocycles. The van der Waals surface area contributed by atoms with Gasteiger partial charge in [-0.1, -0.05) is 38.1 Å². The molecule has 4 aromatic rings. The Labute approximate surface area is 275 Å². The van der Waals surface area contributed by atoms with Crippen LogP contribution in [0.3, 0.4) is 0 Å². The molecule has 1 aliphatic rings. The number of para-hydroxylation sites is 1. The van der Waals surface area contributed by atoms with Gasteiger partial charge in [-0.25, -0.2) is 8.42 Å². The summed E-state index contributed by atoms with van der Waals surface area (Å²) < 4.78 is 36.5. The number of thiophene rings is 1. The minimum atomic E-state index is -4.31. The van der Waals surface area contributed by atoms with E-state index in [4.69, 9.17) is 5.11 Å². The SMILES string of the molecule is CN(c1ccc2c(c1)C(C)(C)/C(=C\C=C\c1cc[n+](CCCCCC(=O)O)c3ccccc13)N2CCCS(=O)(=O)[O-])c1cccs1. The number of rotatable bonds is 14. The number of carboxylic acids is 1. The first-order chi connectivity index (χ1) is 22.0. The number of nitrogens with zero attached hydrogens (tertiary/aromatic N) is 3. The lowest BCUT2D eigenvalue weighted by atomic mass is 9.83. The highest BCUT2D eigenvalue weighted by molar-refractivity contribution is 7.85. The van der Waals surface area contributed by atoms with Crippen molar-refractivity contribution < 1.29 is 27.4 Å². The average Bonchev–Trinajstić information content (AvgIpc) is 3.62. The zero-order valence-corrected chi connectivity index (χ0v) is 28.2. The maximum atomic E-state index is 11.4. The molecule has 0 saturated heterocycles. The van der Waals surface area contributed by atoms with E-state index in [0.29, 0.717) is 13.0 Å². The number of carboxylic acid groups (broad SMARTS) is 1. The van der Waals surface area contributed by atoms with E-state index in [-0.39, 0.29) is 18.3 Å². The Morgan fingerprint density at radius 2 is 1.87 bits per heavy atom. The minimum Gasteiger partial charge on any atom is -0.748 e. The number of benzene rings is 2. The number of anilines is 3. The van der Waals surface area contributed by atoms with Crippen molar-refractivity contribution in [2.75, 3.05) is 29.1 Å². The van der Waals surface area contributed by atoms with Gasteiger partial charge in [0.1, 0.15) is 6.54 Å². The van der Waals surface area contributed by atoms with Gasteiger partial charge in [-0.2, -0.15) is 4.57 Å². The summed E-state index contributed by atoms with van der Waals surface area (Å²) in [6.07, 6.45) is 11.2. The number of hydrogen-bond acceptors (Lipinski definition) is 7. The molecule has 2 aromatic heterocycles. The van der Waals surface area contributed by atoms with Gasteiger partial charge < -0.3 is 19.5 Å². The number of hydrogen-bond donors (Lipinski definition) is 1. The summed E-state index contributed by atoms with van der Waals surface area (Å²) in [6, 6.07) is 20.9. The predicted octanol–water partition coefficient (Wildman–Crippen LogP) is 7.23. The van der Waals surface area contributed by atoms with Crippen LogP contribution in [0, 0.1) is 0 Å². The Balaban J connectivity index is 1.44. The molecule has 0 aliphatic carbocycles. The quantitative estimate of drug-likeness (QED) is 0.0865. The molecule has 0 unspecified atom stereocenters. The van der Waals surface area contributed by atoms with Gasteiger partial charge in [0.15, 0.2) is 6.20 Å². The van der Waals surface area contributed by atoms with E-state index in [1.54, 1.807) is 11.3 Å². The third-order valence-electron chi connectivity index (χ3n) is 8.65. The Kier molecular flexibility index (Phi) is 10.3. The molecule has 242 valence electrons. The summed E-state index contributed by atoms with van der Waals surface area (Å²) in [4.78, 5) is 15.2. The highest BCUT2D eigenvalue weighted by atomic mass is 32.2. The first-order valence-electron chi connectivity index (χ1n) is 15.6. The molecule has 46 heavy (non-hydrogen) atoms. The molecule has 10 heteroatoms. The van der Waals surface area contributed by atoms with Crippen molar-refractivity contribution >= 4 is 60.8 Å². The molecular weight excluding hydrogens is 619 g/mol. The number of pyridine rings is 1. The Morgan fingerprint density at radius 1 is 1.07 bits per heavy atom. The van der Waals surface area contributed by atoms with Crippen molar-refractivity contribution in [3.8, 4) is 0 Å². The molecule has 0 radical (unpaired) electrons. The zero-order chi connectivity index (χ0) is 32.9. The van der Waals surface area contributed by atoms with Gasteiger partial charge in [0.25, 0.3) is 0 Å². The maximum absolute atomic E-state index is 11.4. The van der Waals surface area contributed by atoms with E-state index >= 15 is 0 Å². The standard InChI is InChI=1S/C36H41N3O5S2/c1-36(2)30-26-28(37(3)34-16-10-24-45-34)18-19-32(30)39(22-11-25-46(42,43)44)33(36)15-9-12-27-20-23-38(21-8-4-5-17-35(40)41)31-14-7-6-13-29(27)31/h6-7,9-10,12-16,18-20,23-24,26H,4-5,8,11,17,21-22,25H2,1-3H3,(H-,40,41,42,43,44). The second-order valence-electron chi connectivity index (χ2n) is 12.2. The molecule has 1 N–H and O–H groups in total. The molecule has 0 bridgehead atoms. The fourth-order valence-corrected chi connectivity index (χ4v) is 7.43. The van der Waals surface area contributed by atoms with Gasteiger partial charge in [0.05, 0.1) is 20.5 Å². The van der Waals surface area contributed by atoms with Crippen molar-refractivity contribution in [2.45, 2.75) is 57.9 Å². The maximum Gasteiger partial charge on any atom is 0.303 e. The van der Waals surface area contributed by atoms with Crippen LogP contribution < -0.4 is 14.4 Å². The molecule has 0 saturated carbocycles. The van der Waals surface area contributed by atoms with Crippen molar-refractivity contribution in [2.24, 2.45) is 0 Å². The Bertz CT molecular complexity index is 1860. The summed E-state index contributed by atoms with van der Waals surface area (Å²) in [5.74, 6) is -1.16. The van der Waals surface area contributed by atoms with Gasteiger partial charge in [-0.05, 0) is 78.2 Å². The summed E-state index contributed by atoms with van der Waals surface area (Å²) in [5.41, 5.74) is 6.09. The topological polar surface area (TPSA) is 105 Å². The van der Waals surface area contributed by atoms with Crippen LogP contribution in [0.25, 0.3) is 17.0 Å². The summed E-state index contributed by atoms with van der Waals surface area (Å²) in [7, 11) is -2.26. The molecule has 5 rings (SSSR count). The molecule has 0 fully saturated rings. The van der Waals surface area contributed by atoms with Gasteiger partial charge in [0, 0.05) is 66.8 Å². The Morgan fingerprint density at radius 3 is 2.61 bits per heavy atom.